The summed E-state index contributed by atoms with van der Waals surface area (Å²) >= 11 is 0. The fraction of sp³-hybridized carbons (Fsp3) is 0.350. The number of amidine groups is 1. The fourth-order valence-corrected chi connectivity index (χ4v) is 3.61. The van der Waals surface area contributed by atoms with Crippen molar-refractivity contribution < 1.29 is 17.9 Å². The predicted molar refractivity (Wildman–Crippen MR) is 111 cm³/mol. The van der Waals surface area contributed by atoms with Crippen molar-refractivity contribution in [1.29, 1.82) is 5.41 Å². The minimum atomic E-state index is -4.46. The van der Waals surface area contributed by atoms with Gasteiger partial charge in [-0.3, -0.25) is 5.41 Å². The number of nitrogen functional groups attached to an aromatic ring is 1. The molecule has 4 rings (SSSR count). The third kappa shape index (κ3) is 3.88. The average molecular weight is 433 g/mol. The van der Waals surface area contributed by atoms with Crippen molar-refractivity contribution in [3.05, 3.63) is 46.6 Å². The van der Waals surface area contributed by atoms with Gasteiger partial charge in [-0.2, -0.15) is 17.7 Å². The van der Waals surface area contributed by atoms with Crippen molar-refractivity contribution in [3.63, 3.8) is 0 Å². The third-order valence-corrected chi connectivity index (χ3v) is 5.26. The lowest BCUT2D eigenvalue weighted by atomic mass is 10.1. The van der Waals surface area contributed by atoms with Crippen LogP contribution in [0.4, 0.5) is 30.5 Å². The number of anilines is 3. The summed E-state index contributed by atoms with van der Waals surface area (Å²) in [6, 6.07) is 5.67. The Morgan fingerprint density at radius 2 is 1.94 bits per heavy atom. The number of nitrogens with zero attached hydrogens (tertiary/aromatic N) is 4. The Kier molecular flexibility index (Phi) is 5.21. The third-order valence-electron chi connectivity index (χ3n) is 5.26. The van der Waals surface area contributed by atoms with E-state index >= 15 is 0 Å². The predicted octanol–water partition coefficient (Wildman–Crippen LogP) is 3.23. The van der Waals surface area contributed by atoms with Crippen LogP contribution in [0, 0.1) is 19.3 Å². The van der Waals surface area contributed by atoms with Gasteiger partial charge in [-0.05, 0) is 37.6 Å². The summed E-state index contributed by atoms with van der Waals surface area (Å²) in [7, 11) is 0. The van der Waals surface area contributed by atoms with Gasteiger partial charge in [0.05, 0.1) is 30.0 Å². The van der Waals surface area contributed by atoms with Gasteiger partial charge in [0, 0.05) is 18.8 Å². The van der Waals surface area contributed by atoms with Gasteiger partial charge in [0.2, 0.25) is 0 Å². The van der Waals surface area contributed by atoms with Crippen LogP contribution >= 0.6 is 0 Å². The summed E-state index contributed by atoms with van der Waals surface area (Å²) in [4.78, 5) is 6.47. The molecule has 1 aromatic carbocycles. The molecular formula is C20H22F3N7O. The number of imidazole rings is 1. The van der Waals surface area contributed by atoms with Gasteiger partial charge in [0.25, 0.3) is 0 Å². The molecule has 3 heterocycles. The molecule has 1 aliphatic rings. The quantitative estimate of drug-likeness (QED) is 0.431. The van der Waals surface area contributed by atoms with Gasteiger partial charge in [-0.25, -0.2) is 4.98 Å². The van der Waals surface area contributed by atoms with E-state index in [1.807, 2.05) is 4.90 Å². The second kappa shape index (κ2) is 7.73. The summed E-state index contributed by atoms with van der Waals surface area (Å²) in [5, 5.41) is 15.7. The monoisotopic (exact) mass is 433 g/mol. The highest BCUT2D eigenvalue weighted by Crippen LogP contribution is 2.36. The molecule has 8 nitrogen and oxygen atoms in total. The van der Waals surface area contributed by atoms with Gasteiger partial charge in [-0.15, -0.1) is 5.10 Å². The van der Waals surface area contributed by atoms with Crippen molar-refractivity contribution in [2.24, 2.45) is 5.73 Å². The molecule has 3 aromatic rings. The lowest BCUT2D eigenvalue weighted by molar-refractivity contribution is -0.138. The Labute approximate surface area is 176 Å². The van der Waals surface area contributed by atoms with E-state index in [9.17, 15) is 13.2 Å². The van der Waals surface area contributed by atoms with E-state index in [4.69, 9.17) is 15.9 Å². The Balaban J connectivity index is 1.84. The van der Waals surface area contributed by atoms with Crippen LogP contribution in [0.1, 0.15) is 22.4 Å². The van der Waals surface area contributed by atoms with Gasteiger partial charge in [0.15, 0.2) is 17.3 Å². The lowest BCUT2D eigenvalue weighted by Gasteiger charge is -2.28. The van der Waals surface area contributed by atoms with Crippen LogP contribution in [0.15, 0.2) is 24.3 Å². The van der Waals surface area contributed by atoms with E-state index in [0.29, 0.717) is 60.5 Å². The highest BCUT2D eigenvalue weighted by molar-refractivity contribution is 6.01. The summed E-state index contributed by atoms with van der Waals surface area (Å²) < 4.78 is 46.9. The lowest BCUT2D eigenvalue weighted by Crippen LogP contribution is -2.37. The first-order chi connectivity index (χ1) is 14.7. The molecule has 0 aliphatic carbocycles. The first-order valence-electron chi connectivity index (χ1n) is 9.68. The second-order valence-corrected chi connectivity index (χ2v) is 7.31. The standard InChI is InChI=1S/C20H22F3N7O/c1-11-14(20(21,22)23)4-3-5-15(11)27-18-12(2)26-19-13(17(24)25)10-16(28-30(18)19)29-6-8-31-9-7-29/h3-5,10,27H,6-9H2,1-2H3,(H3,24,25). The SMILES string of the molecule is Cc1nc2c(C(=N)N)cc(N3CCOCC3)nn2c1Nc1cccc(C(F)(F)F)c1C. The van der Waals surface area contributed by atoms with E-state index in [1.165, 1.54) is 17.5 Å². The van der Waals surface area contributed by atoms with E-state index < -0.39 is 11.7 Å². The number of alkyl halides is 3. The molecule has 31 heavy (non-hydrogen) atoms. The first-order valence-corrected chi connectivity index (χ1v) is 9.68. The number of hydrogen-bond donors (Lipinski definition) is 3. The number of halogens is 3. The van der Waals surface area contributed by atoms with E-state index in [0.717, 1.165) is 6.07 Å². The summed E-state index contributed by atoms with van der Waals surface area (Å²) in [5.41, 5.74) is 6.72. The number of morpholine rings is 1. The van der Waals surface area contributed by atoms with Crippen molar-refractivity contribution in [1.82, 2.24) is 14.6 Å². The Morgan fingerprint density at radius 1 is 1.23 bits per heavy atom. The fourth-order valence-electron chi connectivity index (χ4n) is 3.61. The summed E-state index contributed by atoms with van der Waals surface area (Å²) in [6.07, 6.45) is -4.46. The maximum absolute atomic E-state index is 13.3. The molecule has 1 fully saturated rings. The van der Waals surface area contributed by atoms with Crippen LogP contribution in [0.5, 0.6) is 0 Å². The largest absolute Gasteiger partial charge is 0.416 e. The smallest absolute Gasteiger partial charge is 0.384 e. The molecule has 0 radical (unpaired) electrons. The number of hydrogen-bond acceptors (Lipinski definition) is 6. The number of nitrogens with one attached hydrogen (secondary N) is 2. The maximum atomic E-state index is 13.3. The molecule has 0 amide bonds. The molecular weight excluding hydrogens is 411 g/mol. The normalized spacial score (nSPS) is 14.8. The van der Waals surface area contributed by atoms with Crippen molar-refractivity contribution >= 4 is 28.8 Å². The van der Waals surface area contributed by atoms with Crippen LogP contribution in [-0.4, -0.2) is 46.7 Å². The number of ether oxygens (including phenoxy) is 1. The minimum absolute atomic E-state index is 0.0699. The molecule has 4 N–H and O–H groups in total. The van der Waals surface area contributed by atoms with Crippen LogP contribution < -0.4 is 16.0 Å². The zero-order chi connectivity index (χ0) is 22.3. The molecule has 0 saturated carbocycles. The van der Waals surface area contributed by atoms with Crippen LogP contribution in [0.25, 0.3) is 5.65 Å². The average Bonchev–Trinajstić information content (AvgIpc) is 3.03. The highest BCUT2D eigenvalue weighted by Gasteiger charge is 2.33. The Morgan fingerprint density at radius 3 is 2.58 bits per heavy atom. The summed E-state index contributed by atoms with van der Waals surface area (Å²) in [5.74, 6) is 0.825. The molecule has 11 heteroatoms. The van der Waals surface area contributed by atoms with Gasteiger partial charge < -0.3 is 20.7 Å². The minimum Gasteiger partial charge on any atom is -0.384 e. The zero-order valence-corrected chi connectivity index (χ0v) is 17.0. The Bertz CT molecular complexity index is 1150. The van der Waals surface area contributed by atoms with Crippen LogP contribution in [0.2, 0.25) is 0 Å². The van der Waals surface area contributed by atoms with E-state index in [2.05, 4.69) is 15.4 Å². The molecule has 164 valence electrons. The van der Waals surface area contributed by atoms with E-state index in [1.54, 1.807) is 19.1 Å². The number of nitrogens with two attached hydrogens (primary N) is 1. The number of aryl methyl sites for hydroxylation is 1. The van der Waals surface area contributed by atoms with Crippen LogP contribution in [0.3, 0.4) is 0 Å². The molecule has 0 atom stereocenters. The molecule has 0 spiro atoms. The molecule has 2 aromatic heterocycles. The first kappa shape index (κ1) is 20.9. The van der Waals surface area contributed by atoms with Crippen molar-refractivity contribution in [2.45, 2.75) is 20.0 Å². The number of aromatic nitrogens is 3. The van der Waals surface area contributed by atoms with Gasteiger partial charge >= 0.3 is 6.18 Å². The molecule has 0 bridgehead atoms. The topological polar surface area (TPSA) is 105 Å². The maximum Gasteiger partial charge on any atom is 0.416 e. The summed E-state index contributed by atoms with van der Waals surface area (Å²) in [6.45, 7) is 5.48. The van der Waals surface area contributed by atoms with Crippen molar-refractivity contribution in [2.75, 3.05) is 36.5 Å². The van der Waals surface area contributed by atoms with Gasteiger partial charge in [0.1, 0.15) is 5.84 Å². The molecule has 1 saturated heterocycles. The zero-order valence-electron chi connectivity index (χ0n) is 17.0. The molecule has 1 aliphatic heterocycles. The highest BCUT2D eigenvalue weighted by atomic mass is 19.4. The van der Waals surface area contributed by atoms with E-state index in [-0.39, 0.29) is 11.4 Å². The second-order valence-electron chi connectivity index (χ2n) is 7.31. The Hall–Kier alpha value is -3.34. The molecule has 0 unspecified atom stereocenters. The van der Waals surface area contributed by atoms with Gasteiger partial charge in [-0.1, -0.05) is 6.07 Å². The number of benzene rings is 1. The van der Waals surface area contributed by atoms with Crippen LogP contribution in [-0.2, 0) is 10.9 Å². The number of rotatable bonds is 4. The number of fused-ring (bicyclic) bond motifs is 1. The van der Waals surface area contributed by atoms with Crippen molar-refractivity contribution in [3.8, 4) is 0 Å².